The second-order valence-corrected chi connectivity index (χ2v) is 8.89. The van der Waals surface area contributed by atoms with Crippen LogP contribution in [0, 0.1) is 13.8 Å². The van der Waals surface area contributed by atoms with Crippen LogP contribution in [0.1, 0.15) is 48.4 Å². The molecule has 2 aromatic rings. The van der Waals surface area contributed by atoms with Gasteiger partial charge in [0, 0.05) is 32.2 Å². The Morgan fingerprint density at radius 3 is 2.45 bits per heavy atom. The molecule has 3 heterocycles. The van der Waals surface area contributed by atoms with Crippen LogP contribution in [-0.4, -0.2) is 75.7 Å². The monoisotopic (exact) mass is 424 g/mol. The second-order valence-electron chi connectivity index (χ2n) is 8.89. The van der Waals surface area contributed by atoms with Gasteiger partial charge in [-0.05, 0) is 52.7 Å². The zero-order valence-corrected chi connectivity index (χ0v) is 18.9. The maximum absolute atomic E-state index is 13.3. The predicted octanol–water partition coefficient (Wildman–Crippen LogP) is 2.77. The van der Waals surface area contributed by atoms with Crippen LogP contribution in [-0.2, 0) is 9.53 Å². The number of Topliss-reactive ketones (excluding diaryl/α,β-unsaturated/α-hetero) is 1. The third kappa shape index (κ3) is 4.43. The van der Waals surface area contributed by atoms with Gasteiger partial charge in [0.05, 0.1) is 34.8 Å². The Balaban J connectivity index is 1.51. The highest BCUT2D eigenvalue weighted by molar-refractivity contribution is 6.43. The minimum absolute atomic E-state index is 0.0683. The van der Waals surface area contributed by atoms with Crippen molar-refractivity contribution in [1.29, 1.82) is 0 Å². The summed E-state index contributed by atoms with van der Waals surface area (Å²) in [6.45, 7) is 11.0. The van der Waals surface area contributed by atoms with E-state index in [1.54, 1.807) is 16.5 Å². The van der Waals surface area contributed by atoms with Gasteiger partial charge in [-0.15, -0.1) is 0 Å². The summed E-state index contributed by atoms with van der Waals surface area (Å²) in [5.74, 6) is -0.858. The van der Waals surface area contributed by atoms with Crippen LogP contribution < -0.4 is 0 Å². The molecule has 2 aliphatic rings. The molecule has 0 aliphatic carbocycles. The smallest absolute Gasteiger partial charge is 0.295 e. The molecule has 2 aliphatic heterocycles. The van der Waals surface area contributed by atoms with Crippen molar-refractivity contribution in [2.24, 2.45) is 0 Å². The van der Waals surface area contributed by atoms with Crippen LogP contribution in [0.5, 0.6) is 0 Å². The third-order valence-corrected chi connectivity index (χ3v) is 6.32. The largest absolute Gasteiger partial charge is 0.373 e. The van der Waals surface area contributed by atoms with E-state index < -0.39 is 11.7 Å². The lowest BCUT2D eigenvalue weighted by Gasteiger charge is -2.38. The topological polar surface area (TPSA) is 67.7 Å². The van der Waals surface area contributed by atoms with E-state index in [-0.39, 0.29) is 18.2 Å². The highest BCUT2D eigenvalue weighted by Gasteiger charge is 2.37. The van der Waals surface area contributed by atoms with Crippen LogP contribution in [0.3, 0.4) is 0 Å². The van der Waals surface area contributed by atoms with Crippen LogP contribution in [0.4, 0.5) is 0 Å². The van der Waals surface area contributed by atoms with Crippen molar-refractivity contribution in [3.63, 3.8) is 0 Å². The molecule has 0 spiro atoms. The Morgan fingerprint density at radius 1 is 1.10 bits per heavy atom. The van der Waals surface area contributed by atoms with E-state index >= 15 is 0 Å². The molecule has 4 rings (SSSR count). The van der Waals surface area contributed by atoms with E-state index in [0.29, 0.717) is 23.5 Å². The molecule has 0 N–H and O–H groups in total. The van der Waals surface area contributed by atoms with Crippen molar-refractivity contribution < 1.29 is 14.3 Å². The standard InChI is InChI=1S/C24H32N4O3/c1-16-13-26(14-17(2)31-16)15-21-11-8-12-27(21)24(30)23(29)22-18(3)25-28(19(22)4)20-9-6-5-7-10-20/h5-7,9-10,16-17,21H,8,11-15H2,1-4H3/t16-,17+,21-/m0/s1. The summed E-state index contributed by atoms with van der Waals surface area (Å²) in [5, 5.41) is 4.54. The molecule has 3 atom stereocenters. The number of hydrogen-bond donors (Lipinski definition) is 0. The highest BCUT2D eigenvalue weighted by atomic mass is 16.5. The molecule has 31 heavy (non-hydrogen) atoms. The molecule has 2 fully saturated rings. The number of morpholine rings is 1. The maximum Gasteiger partial charge on any atom is 0.295 e. The summed E-state index contributed by atoms with van der Waals surface area (Å²) in [7, 11) is 0. The van der Waals surface area contributed by atoms with Crippen molar-refractivity contribution in [3.8, 4) is 5.69 Å². The number of carbonyl (C=O) groups is 2. The Hall–Kier alpha value is -2.51. The average molecular weight is 425 g/mol. The van der Waals surface area contributed by atoms with Gasteiger partial charge in [-0.1, -0.05) is 18.2 Å². The predicted molar refractivity (Wildman–Crippen MR) is 119 cm³/mol. The molecule has 0 saturated carbocycles. The second kappa shape index (κ2) is 8.93. The van der Waals surface area contributed by atoms with Crippen LogP contribution >= 0.6 is 0 Å². The van der Waals surface area contributed by atoms with Crippen molar-refractivity contribution in [2.75, 3.05) is 26.2 Å². The van der Waals surface area contributed by atoms with Gasteiger partial charge in [-0.3, -0.25) is 14.5 Å². The van der Waals surface area contributed by atoms with E-state index in [0.717, 1.165) is 38.2 Å². The van der Waals surface area contributed by atoms with Gasteiger partial charge in [-0.2, -0.15) is 5.10 Å². The molecule has 166 valence electrons. The maximum atomic E-state index is 13.3. The number of likely N-dealkylation sites (tertiary alicyclic amines) is 1. The van der Waals surface area contributed by atoms with Gasteiger partial charge < -0.3 is 9.64 Å². The van der Waals surface area contributed by atoms with Gasteiger partial charge >= 0.3 is 0 Å². The van der Waals surface area contributed by atoms with Crippen molar-refractivity contribution in [2.45, 2.75) is 58.8 Å². The first-order chi connectivity index (χ1) is 14.8. The van der Waals surface area contributed by atoms with Crippen LogP contribution in [0.2, 0.25) is 0 Å². The van der Waals surface area contributed by atoms with Gasteiger partial charge in [0.15, 0.2) is 0 Å². The number of amides is 1. The normalized spacial score (nSPS) is 24.5. The number of ether oxygens (including phenoxy) is 1. The van der Waals surface area contributed by atoms with Crippen LogP contribution in [0.15, 0.2) is 30.3 Å². The minimum atomic E-state index is -0.451. The number of para-hydroxylation sites is 1. The summed E-state index contributed by atoms with van der Waals surface area (Å²) in [6.07, 6.45) is 2.23. The van der Waals surface area contributed by atoms with E-state index in [4.69, 9.17) is 4.74 Å². The Kier molecular flexibility index (Phi) is 6.25. The van der Waals surface area contributed by atoms with Crippen molar-refractivity contribution in [3.05, 3.63) is 47.3 Å². The summed E-state index contributed by atoms with van der Waals surface area (Å²) < 4.78 is 7.57. The molecule has 7 heteroatoms. The molecule has 0 radical (unpaired) electrons. The number of hydrogen-bond acceptors (Lipinski definition) is 5. The van der Waals surface area contributed by atoms with E-state index in [1.165, 1.54) is 0 Å². The molecule has 7 nitrogen and oxygen atoms in total. The summed E-state index contributed by atoms with van der Waals surface area (Å²) in [5.41, 5.74) is 2.59. The van der Waals surface area contributed by atoms with Crippen molar-refractivity contribution in [1.82, 2.24) is 19.6 Å². The van der Waals surface area contributed by atoms with Gasteiger partial charge in [0.2, 0.25) is 0 Å². The molecular weight excluding hydrogens is 392 g/mol. The summed E-state index contributed by atoms with van der Waals surface area (Å²) in [4.78, 5) is 30.7. The summed E-state index contributed by atoms with van der Waals surface area (Å²) in [6, 6.07) is 9.75. The first-order valence-electron chi connectivity index (χ1n) is 11.2. The van der Waals surface area contributed by atoms with Crippen LogP contribution in [0.25, 0.3) is 5.69 Å². The number of aromatic nitrogens is 2. The number of carbonyl (C=O) groups excluding carboxylic acids is 2. The number of ketones is 1. The summed E-state index contributed by atoms with van der Waals surface area (Å²) >= 11 is 0. The molecule has 2 saturated heterocycles. The Labute approximate surface area is 184 Å². The molecular formula is C24H32N4O3. The molecule has 1 aromatic carbocycles. The first-order valence-corrected chi connectivity index (χ1v) is 11.2. The number of benzene rings is 1. The van der Waals surface area contributed by atoms with E-state index in [1.807, 2.05) is 37.3 Å². The van der Waals surface area contributed by atoms with E-state index in [9.17, 15) is 9.59 Å². The Bertz CT molecular complexity index is 945. The number of nitrogens with zero attached hydrogens (tertiary/aromatic N) is 4. The highest BCUT2D eigenvalue weighted by Crippen LogP contribution is 2.24. The van der Waals surface area contributed by atoms with Gasteiger partial charge in [0.1, 0.15) is 0 Å². The fraction of sp³-hybridized carbons (Fsp3) is 0.542. The quantitative estimate of drug-likeness (QED) is 0.545. The molecule has 1 amide bonds. The Morgan fingerprint density at radius 2 is 1.77 bits per heavy atom. The lowest BCUT2D eigenvalue weighted by molar-refractivity contribution is -0.128. The fourth-order valence-electron chi connectivity index (χ4n) is 5.05. The minimum Gasteiger partial charge on any atom is -0.373 e. The van der Waals surface area contributed by atoms with E-state index in [2.05, 4.69) is 23.8 Å². The molecule has 0 bridgehead atoms. The fourth-order valence-corrected chi connectivity index (χ4v) is 5.05. The SMILES string of the molecule is Cc1nn(-c2ccccc2)c(C)c1C(=O)C(=O)N1CCC[C@H]1CN1C[C@@H](C)O[C@@H](C)C1. The number of aryl methyl sites for hydroxylation is 1. The lowest BCUT2D eigenvalue weighted by atomic mass is 10.1. The zero-order chi connectivity index (χ0) is 22.1. The first kappa shape index (κ1) is 21.7. The number of rotatable bonds is 5. The molecule has 0 unspecified atom stereocenters. The van der Waals surface area contributed by atoms with Gasteiger partial charge in [-0.25, -0.2) is 4.68 Å². The lowest BCUT2D eigenvalue weighted by Crippen LogP contribution is -2.51. The van der Waals surface area contributed by atoms with Gasteiger partial charge in [0.25, 0.3) is 11.7 Å². The zero-order valence-electron chi connectivity index (χ0n) is 18.9. The molecule has 1 aromatic heterocycles. The third-order valence-electron chi connectivity index (χ3n) is 6.32. The average Bonchev–Trinajstić information content (AvgIpc) is 3.30. The van der Waals surface area contributed by atoms with Crippen molar-refractivity contribution >= 4 is 11.7 Å².